The van der Waals surface area contributed by atoms with Gasteiger partial charge in [-0.25, -0.2) is 0 Å². The number of aryl methyl sites for hydroxylation is 2. The van der Waals surface area contributed by atoms with Gasteiger partial charge in [0.2, 0.25) is 0 Å². The van der Waals surface area contributed by atoms with Gasteiger partial charge in [-0.3, -0.25) is 22.9 Å². The molecule has 4 rings (SSSR count). The number of aromatic nitrogens is 2. The van der Waals surface area contributed by atoms with Gasteiger partial charge in [-0.2, -0.15) is 5.10 Å². The topological polar surface area (TPSA) is 123 Å². The number of aliphatic hydroxyl groups is 1. The smallest absolute Gasteiger partial charge is 0.251 e. The first kappa shape index (κ1) is 30.1. The maximum atomic E-state index is 13.6. The van der Waals surface area contributed by atoms with E-state index in [9.17, 15) is 19.0 Å². The number of carbonyl (C=O) groups excluding carboxylic acids is 1. The predicted octanol–water partition coefficient (Wildman–Crippen LogP) is 4.61. The molecule has 0 aliphatic carbocycles. The Bertz CT molecular complexity index is 1240. The van der Waals surface area contributed by atoms with Crippen LogP contribution in [-0.4, -0.2) is 60.9 Å². The Hall–Kier alpha value is -2.89. The minimum atomic E-state index is -2.91. The molecule has 0 radical (unpaired) electrons. The van der Waals surface area contributed by atoms with Gasteiger partial charge in [-0.05, 0) is 61.9 Å². The Morgan fingerprint density at radius 3 is 2.58 bits per heavy atom. The molecule has 2 atom stereocenters. The first-order chi connectivity index (χ1) is 19.3. The van der Waals surface area contributed by atoms with E-state index in [2.05, 4.69) is 22.7 Å². The third-order valence-electron chi connectivity index (χ3n) is 7.22. The molecule has 218 valence electrons. The average molecular weight is 570 g/mol. The van der Waals surface area contributed by atoms with E-state index in [0.717, 1.165) is 48.9 Å². The summed E-state index contributed by atoms with van der Waals surface area (Å²) < 4.78 is 25.0. The lowest BCUT2D eigenvalue weighted by atomic mass is 9.99. The maximum Gasteiger partial charge on any atom is 0.251 e. The van der Waals surface area contributed by atoms with Crippen LogP contribution in [0, 0.1) is 0 Å². The fourth-order valence-corrected chi connectivity index (χ4v) is 6.74. The Kier molecular flexibility index (Phi) is 10.6. The van der Waals surface area contributed by atoms with Crippen molar-refractivity contribution in [2.45, 2.75) is 71.2 Å². The lowest BCUT2D eigenvalue weighted by Gasteiger charge is -2.47. The second-order valence-electron chi connectivity index (χ2n) is 10.5. The lowest BCUT2D eigenvalue weighted by Crippen LogP contribution is -2.48. The number of benzene rings is 2. The second-order valence-corrected chi connectivity index (χ2v) is 12.6. The Labute approximate surface area is 239 Å². The van der Waals surface area contributed by atoms with Gasteiger partial charge in [-0.1, -0.05) is 43.7 Å². The number of amides is 1. The van der Waals surface area contributed by atoms with Gasteiger partial charge in [0.25, 0.3) is 5.91 Å². The normalized spacial score (nSPS) is 17.3. The Balaban J connectivity index is 1.52. The third kappa shape index (κ3) is 8.08. The van der Waals surface area contributed by atoms with Crippen molar-refractivity contribution in [3.63, 3.8) is 0 Å². The fraction of sp³-hybridized carbons (Fsp3) is 0.467. The summed E-state index contributed by atoms with van der Waals surface area (Å²) in [7, 11) is -2.91. The molecule has 0 spiro atoms. The van der Waals surface area contributed by atoms with Gasteiger partial charge in [-0.15, -0.1) is 10.8 Å². The second kappa shape index (κ2) is 14.1. The SMILES string of the molecule is CCCc1cc(C(=O)N[C@@H](Cc2ccccc2)[C@@H](O)CNCc2cnn(CC)c2)cc(N2CCCCS2(O)O)c1. The minimum absolute atomic E-state index is 0.295. The van der Waals surface area contributed by atoms with Crippen molar-refractivity contribution >= 4 is 22.4 Å². The van der Waals surface area contributed by atoms with Crippen LogP contribution in [0.5, 0.6) is 0 Å². The van der Waals surface area contributed by atoms with E-state index in [0.29, 0.717) is 43.1 Å². The number of anilines is 1. The maximum absolute atomic E-state index is 13.6. The molecule has 2 heterocycles. The summed E-state index contributed by atoms with van der Waals surface area (Å²) in [6, 6.07) is 14.8. The van der Waals surface area contributed by atoms with Crippen molar-refractivity contribution in [1.29, 1.82) is 0 Å². The number of carbonyl (C=O) groups is 1. The minimum Gasteiger partial charge on any atom is -0.390 e. The van der Waals surface area contributed by atoms with Crippen molar-refractivity contribution in [2.75, 3.05) is 23.1 Å². The van der Waals surface area contributed by atoms with Crippen LogP contribution in [0.4, 0.5) is 5.69 Å². The molecule has 5 N–H and O–H groups in total. The van der Waals surface area contributed by atoms with Crippen LogP contribution in [0.25, 0.3) is 0 Å². The number of nitrogens with zero attached hydrogens (tertiary/aromatic N) is 3. The molecule has 2 aromatic carbocycles. The molecule has 1 amide bonds. The van der Waals surface area contributed by atoms with Gasteiger partial charge < -0.3 is 15.7 Å². The molecule has 1 aliphatic rings. The van der Waals surface area contributed by atoms with E-state index in [4.69, 9.17) is 0 Å². The molecule has 1 aliphatic heterocycles. The average Bonchev–Trinajstić information content (AvgIpc) is 3.41. The molecule has 1 aromatic heterocycles. The van der Waals surface area contributed by atoms with Crippen molar-refractivity contribution in [3.05, 3.63) is 83.2 Å². The van der Waals surface area contributed by atoms with Crippen molar-refractivity contribution in [2.24, 2.45) is 0 Å². The van der Waals surface area contributed by atoms with Gasteiger partial charge in [0.1, 0.15) is 0 Å². The van der Waals surface area contributed by atoms with Gasteiger partial charge in [0.15, 0.2) is 0 Å². The predicted molar refractivity (Wildman–Crippen MR) is 162 cm³/mol. The van der Waals surface area contributed by atoms with E-state index in [-0.39, 0.29) is 5.91 Å². The third-order valence-corrected chi connectivity index (χ3v) is 9.16. The Morgan fingerprint density at radius 2 is 1.88 bits per heavy atom. The fourth-order valence-electron chi connectivity index (χ4n) is 5.07. The van der Waals surface area contributed by atoms with Gasteiger partial charge in [0, 0.05) is 43.5 Å². The first-order valence-electron chi connectivity index (χ1n) is 14.2. The van der Waals surface area contributed by atoms with Crippen LogP contribution in [0.15, 0.2) is 60.9 Å². The highest BCUT2D eigenvalue weighted by Crippen LogP contribution is 2.49. The summed E-state index contributed by atoms with van der Waals surface area (Å²) in [6.07, 6.45) is 6.73. The van der Waals surface area contributed by atoms with E-state index < -0.39 is 22.9 Å². The zero-order chi connectivity index (χ0) is 28.5. The number of aliphatic hydroxyl groups excluding tert-OH is 1. The van der Waals surface area contributed by atoms with Crippen molar-refractivity contribution in [3.8, 4) is 0 Å². The molecule has 1 saturated heterocycles. The van der Waals surface area contributed by atoms with Gasteiger partial charge >= 0.3 is 0 Å². The van der Waals surface area contributed by atoms with Crippen LogP contribution >= 0.6 is 10.8 Å². The molecular formula is C30H43N5O4S. The molecule has 0 unspecified atom stereocenters. The summed E-state index contributed by atoms with van der Waals surface area (Å²) >= 11 is 0. The molecule has 9 nitrogen and oxygen atoms in total. The van der Waals surface area contributed by atoms with E-state index >= 15 is 0 Å². The van der Waals surface area contributed by atoms with E-state index in [1.54, 1.807) is 10.4 Å². The van der Waals surface area contributed by atoms with Crippen LogP contribution in [0.1, 0.15) is 60.2 Å². The van der Waals surface area contributed by atoms with Crippen LogP contribution in [-0.2, 0) is 25.9 Å². The zero-order valence-electron chi connectivity index (χ0n) is 23.5. The molecular weight excluding hydrogens is 526 g/mol. The van der Waals surface area contributed by atoms with Crippen LogP contribution in [0.3, 0.4) is 0 Å². The standard InChI is InChI=1S/C30H43N5O4S/c1-3-10-24-15-26(18-27(16-24)35-13-8-9-14-40(35,38)39)30(37)33-28(17-23-11-6-5-7-12-23)29(36)21-31-19-25-20-32-34(4-2)22-25/h5-7,11-12,15-16,18,20,22,28-29,31,36,38-39H,3-4,8-10,13-14,17,19,21H2,1-2H3,(H,33,37)/t28-,29-/m0/s1. The molecule has 10 heteroatoms. The molecule has 0 saturated carbocycles. The number of rotatable bonds is 13. The highest BCUT2D eigenvalue weighted by Gasteiger charge is 2.28. The molecule has 3 aromatic rings. The summed E-state index contributed by atoms with van der Waals surface area (Å²) in [5.41, 5.74) is 4.12. The summed E-state index contributed by atoms with van der Waals surface area (Å²) in [5.74, 6) is 0.0429. The molecule has 1 fully saturated rings. The van der Waals surface area contributed by atoms with E-state index in [1.165, 1.54) is 0 Å². The lowest BCUT2D eigenvalue weighted by molar-refractivity contribution is 0.0830. The van der Waals surface area contributed by atoms with Gasteiger partial charge in [0.05, 0.1) is 29.8 Å². The van der Waals surface area contributed by atoms with E-state index in [1.807, 2.05) is 66.5 Å². The first-order valence-corrected chi connectivity index (χ1v) is 15.9. The van der Waals surface area contributed by atoms with Crippen LogP contribution < -0.4 is 14.9 Å². The number of hydrogen-bond donors (Lipinski definition) is 5. The largest absolute Gasteiger partial charge is 0.390 e. The summed E-state index contributed by atoms with van der Waals surface area (Å²) in [5, 5.41) is 21.9. The van der Waals surface area contributed by atoms with Crippen molar-refractivity contribution in [1.82, 2.24) is 20.4 Å². The van der Waals surface area contributed by atoms with Crippen molar-refractivity contribution < 1.29 is 19.0 Å². The number of nitrogens with one attached hydrogen (secondary N) is 2. The highest BCUT2D eigenvalue weighted by molar-refractivity contribution is 8.25. The summed E-state index contributed by atoms with van der Waals surface area (Å²) in [6.45, 7) is 6.30. The highest BCUT2D eigenvalue weighted by atomic mass is 32.3. The van der Waals surface area contributed by atoms with Crippen LogP contribution in [0.2, 0.25) is 0 Å². The molecule has 0 bridgehead atoms. The monoisotopic (exact) mass is 569 g/mol. The summed E-state index contributed by atoms with van der Waals surface area (Å²) in [4.78, 5) is 13.6. The number of hydrogen-bond acceptors (Lipinski definition) is 7. The quantitative estimate of drug-likeness (QED) is 0.204. The Morgan fingerprint density at radius 1 is 1.07 bits per heavy atom. The zero-order valence-corrected chi connectivity index (χ0v) is 24.3. The molecule has 40 heavy (non-hydrogen) atoms.